The maximum atomic E-state index is 12.0. The van der Waals surface area contributed by atoms with Gasteiger partial charge in [0.25, 0.3) is 5.91 Å². The van der Waals surface area contributed by atoms with Crippen molar-refractivity contribution in [2.24, 2.45) is 0 Å². The summed E-state index contributed by atoms with van der Waals surface area (Å²) in [5.41, 5.74) is 0.352. The van der Waals surface area contributed by atoms with Crippen molar-refractivity contribution >= 4 is 34.8 Å². The second-order valence-electron chi connectivity index (χ2n) is 3.94. The summed E-state index contributed by atoms with van der Waals surface area (Å²) < 4.78 is 0. The molecule has 0 fully saturated rings. The number of carboxylic acid groups (broad SMARTS) is 1. The molecule has 2 heterocycles. The molecule has 0 aliphatic rings. The van der Waals surface area contributed by atoms with Crippen molar-refractivity contribution in [2.75, 3.05) is 0 Å². The van der Waals surface area contributed by atoms with E-state index < -0.39 is 12.0 Å². The molecule has 0 aromatic carbocycles. The number of thiazole rings is 1. The summed E-state index contributed by atoms with van der Waals surface area (Å²) in [6, 6.07) is 2.60. The fourth-order valence-electron chi connectivity index (χ4n) is 1.47. The van der Waals surface area contributed by atoms with Gasteiger partial charge in [-0.3, -0.25) is 4.79 Å². The molecule has 6 nitrogen and oxygen atoms in total. The van der Waals surface area contributed by atoms with Crippen LogP contribution in [0.4, 0.5) is 0 Å². The highest BCUT2D eigenvalue weighted by Crippen LogP contribution is 2.18. The average Bonchev–Trinajstić information content (AvgIpc) is 2.88. The highest BCUT2D eigenvalue weighted by Gasteiger charge is 2.16. The Morgan fingerprint density at radius 2 is 2.25 bits per heavy atom. The molecule has 2 aromatic heterocycles. The lowest BCUT2D eigenvalue weighted by atomic mass is 10.2. The molecule has 0 saturated heterocycles. The van der Waals surface area contributed by atoms with Crippen LogP contribution >= 0.6 is 22.9 Å². The van der Waals surface area contributed by atoms with Crippen LogP contribution < -0.4 is 5.32 Å². The van der Waals surface area contributed by atoms with E-state index in [2.05, 4.69) is 15.3 Å². The van der Waals surface area contributed by atoms with Gasteiger partial charge in [-0.25, -0.2) is 14.8 Å². The smallest absolute Gasteiger partial charge is 0.355 e. The summed E-state index contributed by atoms with van der Waals surface area (Å²) in [5.74, 6) is -1.42. The van der Waals surface area contributed by atoms with Crippen LogP contribution in [0.5, 0.6) is 0 Å². The van der Waals surface area contributed by atoms with E-state index in [1.807, 2.05) is 0 Å². The number of aromatic carboxylic acids is 1. The first-order valence-corrected chi connectivity index (χ1v) is 6.84. The van der Waals surface area contributed by atoms with Gasteiger partial charge in [0.1, 0.15) is 10.2 Å². The van der Waals surface area contributed by atoms with Gasteiger partial charge in [-0.2, -0.15) is 0 Å². The zero-order valence-electron chi connectivity index (χ0n) is 10.3. The van der Waals surface area contributed by atoms with E-state index in [-0.39, 0.29) is 16.8 Å². The summed E-state index contributed by atoms with van der Waals surface area (Å²) >= 11 is 6.90. The van der Waals surface area contributed by atoms with Gasteiger partial charge in [0.15, 0.2) is 5.69 Å². The lowest BCUT2D eigenvalue weighted by Gasteiger charge is -2.11. The van der Waals surface area contributed by atoms with Crippen molar-refractivity contribution in [3.63, 3.8) is 0 Å². The van der Waals surface area contributed by atoms with Gasteiger partial charge in [-0.15, -0.1) is 11.3 Å². The Hall–Kier alpha value is -1.99. The second kappa shape index (κ2) is 5.98. The number of hydrogen-bond acceptors (Lipinski definition) is 5. The first-order chi connectivity index (χ1) is 9.47. The second-order valence-corrected chi connectivity index (χ2v) is 5.22. The number of nitrogens with one attached hydrogen (secondary N) is 1. The number of carbonyl (C=O) groups is 2. The number of carbonyl (C=O) groups excluding carboxylic acids is 1. The third-order valence-electron chi connectivity index (χ3n) is 2.45. The van der Waals surface area contributed by atoms with Gasteiger partial charge in [0.2, 0.25) is 0 Å². The third-order valence-corrected chi connectivity index (χ3v) is 3.68. The standard InChI is InChI=1S/C12H10ClN3O3S/c1-6(11-16-8(5-20-11)12(18)19)15-10(17)7-2-3-14-9(13)4-7/h2-6H,1H3,(H,15,17)(H,18,19). The molecule has 0 aliphatic carbocycles. The van der Waals surface area contributed by atoms with Crippen LogP contribution in [0.3, 0.4) is 0 Å². The number of pyridine rings is 1. The first kappa shape index (κ1) is 14.4. The maximum absolute atomic E-state index is 12.0. The van der Waals surface area contributed by atoms with Crippen LogP contribution in [0, 0.1) is 0 Å². The molecule has 0 radical (unpaired) electrons. The van der Waals surface area contributed by atoms with E-state index >= 15 is 0 Å². The molecule has 104 valence electrons. The van der Waals surface area contributed by atoms with Crippen LogP contribution in [0.25, 0.3) is 0 Å². The van der Waals surface area contributed by atoms with Crippen LogP contribution in [0.2, 0.25) is 5.15 Å². The van der Waals surface area contributed by atoms with Gasteiger partial charge in [-0.1, -0.05) is 11.6 Å². The molecule has 2 aromatic rings. The monoisotopic (exact) mass is 311 g/mol. The summed E-state index contributed by atoms with van der Waals surface area (Å²) in [5, 5.41) is 13.7. The minimum Gasteiger partial charge on any atom is -0.476 e. The molecule has 1 amide bonds. The minimum absolute atomic E-state index is 0.0296. The molecule has 2 rings (SSSR count). The summed E-state index contributed by atoms with van der Waals surface area (Å²) in [6.07, 6.45) is 1.44. The molecule has 0 spiro atoms. The quantitative estimate of drug-likeness (QED) is 0.846. The van der Waals surface area contributed by atoms with Crippen LogP contribution in [0.15, 0.2) is 23.7 Å². The van der Waals surface area contributed by atoms with Crippen LogP contribution in [-0.4, -0.2) is 27.0 Å². The SMILES string of the molecule is CC(NC(=O)c1ccnc(Cl)c1)c1nc(C(=O)O)cs1. The Labute approximate surface area is 123 Å². The lowest BCUT2D eigenvalue weighted by molar-refractivity contribution is 0.0691. The molecular weight excluding hydrogens is 302 g/mol. The van der Waals surface area contributed by atoms with E-state index in [1.165, 1.54) is 29.0 Å². The van der Waals surface area contributed by atoms with Crippen molar-refractivity contribution in [2.45, 2.75) is 13.0 Å². The van der Waals surface area contributed by atoms with Gasteiger partial charge < -0.3 is 10.4 Å². The Morgan fingerprint density at radius 1 is 1.50 bits per heavy atom. The number of carboxylic acids is 1. The topological polar surface area (TPSA) is 92.2 Å². The third kappa shape index (κ3) is 3.31. The van der Waals surface area contributed by atoms with Crippen molar-refractivity contribution in [3.05, 3.63) is 45.1 Å². The number of nitrogens with zero attached hydrogens (tertiary/aromatic N) is 2. The Morgan fingerprint density at radius 3 is 2.85 bits per heavy atom. The summed E-state index contributed by atoms with van der Waals surface area (Å²) in [6.45, 7) is 1.73. The normalized spacial score (nSPS) is 11.9. The molecule has 0 saturated carbocycles. The molecule has 2 N–H and O–H groups in total. The number of rotatable bonds is 4. The minimum atomic E-state index is -1.09. The predicted molar refractivity (Wildman–Crippen MR) is 74.2 cm³/mol. The van der Waals surface area contributed by atoms with Gasteiger partial charge in [-0.05, 0) is 19.1 Å². The summed E-state index contributed by atoms with van der Waals surface area (Å²) in [7, 11) is 0. The molecule has 1 atom stereocenters. The van der Waals surface area contributed by atoms with Crippen LogP contribution in [-0.2, 0) is 0 Å². The maximum Gasteiger partial charge on any atom is 0.355 e. The Balaban J connectivity index is 2.08. The van der Waals surface area contributed by atoms with Crippen molar-refractivity contribution < 1.29 is 14.7 Å². The predicted octanol–water partition coefficient (Wildman–Crippen LogP) is 2.38. The van der Waals surface area contributed by atoms with Crippen molar-refractivity contribution in [3.8, 4) is 0 Å². The summed E-state index contributed by atoms with van der Waals surface area (Å²) in [4.78, 5) is 30.5. The van der Waals surface area contributed by atoms with E-state index in [0.29, 0.717) is 10.6 Å². The van der Waals surface area contributed by atoms with Gasteiger partial charge in [0, 0.05) is 17.1 Å². The van der Waals surface area contributed by atoms with E-state index in [0.717, 1.165) is 0 Å². The molecular formula is C12H10ClN3O3S. The molecule has 0 aliphatic heterocycles. The number of amides is 1. The molecule has 20 heavy (non-hydrogen) atoms. The molecule has 1 unspecified atom stereocenters. The Bertz CT molecular complexity index is 659. The van der Waals surface area contributed by atoms with Crippen molar-refractivity contribution in [1.82, 2.24) is 15.3 Å². The zero-order chi connectivity index (χ0) is 14.7. The first-order valence-electron chi connectivity index (χ1n) is 5.58. The number of aromatic nitrogens is 2. The number of halogens is 1. The van der Waals surface area contributed by atoms with E-state index in [4.69, 9.17) is 16.7 Å². The zero-order valence-corrected chi connectivity index (χ0v) is 11.9. The number of hydrogen-bond donors (Lipinski definition) is 2. The van der Waals surface area contributed by atoms with E-state index in [1.54, 1.807) is 13.0 Å². The highest BCUT2D eigenvalue weighted by molar-refractivity contribution is 7.09. The molecule has 8 heteroatoms. The Kier molecular flexibility index (Phi) is 4.31. The van der Waals surface area contributed by atoms with Gasteiger partial charge in [0.05, 0.1) is 6.04 Å². The largest absolute Gasteiger partial charge is 0.476 e. The fourth-order valence-corrected chi connectivity index (χ4v) is 2.44. The molecule has 0 bridgehead atoms. The highest BCUT2D eigenvalue weighted by atomic mass is 35.5. The van der Waals surface area contributed by atoms with Crippen molar-refractivity contribution in [1.29, 1.82) is 0 Å². The fraction of sp³-hybridized carbons (Fsp3) is 0.167. The lowest BCUT2D eigenvalue weighted by Crippen LogP contribution is -2.26. The van der Waals surface area contributed by atoms with E-state index in [9.17, 15) is 9.59 Å². The van der Waals surface area contributed by atoms with Gasteiger partial charge >= 0.3 is 5.97 Å². The van der Waals surface area contributed by atoms with Crippen LogP contribution in [0.1, 0.15) is 38.8 Å². The average molecular weight is 312 g/mol.